The van der Waals surface area contributed by atoms with Gasteiger partial charge in [0.15, 0.2) is 5.78 Å². The van der Waals surface area contributed by atoms with Crippen molar-refractivity contribution in [3.05, 3.63) is 35.6 Å². The molecular formula is C13H16FNOS. The van der Waals surface area contributed by atoms with Gasteiger partial charge in [0.1, 0.15) is 5.82 Å². The lowest BCUT2D eigenvalue weighted by atomic mass is 10.1. The van der Waals surface area contributed by atoms with Crippen LogP contribution in [0.3, 0.4) is 0 Å². The molecule has 2 nitrogen and oxygen atoms in total. The molecule has 17 heavy (non-hydrogen) atoms. The van der Waals surface area contributed by atoms with Gasteiger partial charge in [0, 0.05) is 17.4 Å². The van der Waals surface area contributed by atoms with Crippen LogP contribution in [0.1, 0.15) is 16.8 Å². The highest BCUT2D eigenvalue weighted by Crippen LogP contribution is 2.21. The van der Waals surface area contributed by atoms with Crippen molar-refractivity contribution in [2.75, 3.05) is 25.1 Å². The maximum absolute atomic E-state index is 13.0. The van der Waals surface area contributed by atoms with E-state index in [1.165, 1.54) is 17.9 Å². The first-order chi connectivity index (χ1) is 8.16. The van der Waals surface area contributed by atoms with E-state index in [1.54, 1.807) is 12.1 Å². The fraction of sp³-hybridized carbons (Fsp3) is 0.462. The van der Waals surface area contributed by atoms with E-state index < -0.39 is 0 Å². The van der Waals surface area contributed by atoms with E-state index in [1.807, 2.05) is 18.8 Å². The van der Waals surface area contributed by atoms with Crippen LogP contribution in [0.15, 0.2) is 24.3 Å². The lowest BCUT2D eigenvalue weighted by Crippen LogP contribution is -2.35. The van der Waals surface area contributed by atoms with Crippen molar-refractivity contribution in [2.24, 2.45) is 0 Å². The normalized spacial score (nSPS) is 19.8. The molecule has 0 radical (unpaired) electrons. The summed E-state index contributed by atoms with van der Waals surface area (Å²) >= 11 is 1.92. The zero-order valence-corrected chi connectivity index (χ0v) is 10.7. The van der Waals surface area contributed by atoms with Gasteiger partial charge in [-0.25, -0.2) is 4.39 Å². The van der Waals surface area contributed by atoms with Gasteiger partial charge in [-0.15, -0.1) is 0 Å². The summed E-state index contributed by atoms with van der Waals surface area (Å²) in [4.78, 5) is 14.0. The molecule has 1 aliphatic heterocycles. The van der Waals surface area contributed by atoms with Crippen molar-refractivity contribution in [3.63, 3.8) is 0 Å². The number of Topliss-reactive ketones (excluding diaryl/α,β-unsaturated/α-hetero) is 1. The predicted octanol–water partition coefficient (Wildman–Crippen LogP) is 2.45. The first-order valence-electron chi connectivity index (χ1n) is 5.73. The Labute approximate surface area is 105 Å². The molecule has 0 N–H and O–H groups in total. The minimum atomic E-state index is -0.352. The van der Waals surface area contributed by atoms with Gasteiger partial charge in [0.2, 0.25) is 0 Å². The Morgan fingerprint density at radius 2 is 2.41 bits per heavy atom. The Morgan fingerprint density at radius 3 is 3.06 bits per heavy atom. The summed E-state index contributed by atoms with van der Waals surface area (Å²) in [5, 5.41) is 0. The summed E-state index contributed by atoms with van der Waals surface area (Å²) in [6.07, 6.45) is 1.14. The molecule has 1 atom stereocenters. The highest BCUT2D eigenvalue weighted by Gasteiger charge is 2.22. The van der Waals surface area contributed by atoms with E-state index in [9.17, 15) is 9.18 Å². The zero-order valence-electron chi connectivity index (χ0n) is 9.86. The second-order valence-electron chi connectivity index (χ2n) is 4.37. The smallest absolute Gasteiger partial charge is 0.176 e. The quantitative estimate of drug-likeness (QED) is 0.769. The second-order valence-corrected chi connectivity index (χ2v) is 5.52. The molecule has 0 bridgehead atoms. The Kier molecular flexibility index (Phi) is 4.18. The molecule has 92 valence electrons. The average Bonchev–Trinajstić information content (AvgIpc) is 2.82. The monoisotopic (exact) mass is 253 g/mol. The summed E-state index contributed by atoms with van der Waals surface area (Å²) in [7, 11) is 1.97. The molecule has 1 unspecified atom stereocenters. The SMILES string of the molecule is CN(CC(=O)c1cccc(F)c1)C1CCSC1. The van der Waals surface area contributed by atoms with E-state index in [0.29, 0.717) is 18.2 Å². The van der Waals surface area contributed by atoms with E-state index in [-0.39, 0.29) is 11.6 Å². The van der Waals surface area contributed by atoms with Gasteiger partial charge < -0.3 is 0 Å². The van der Waals surface area contributed by atoms with Gasteiger partial charge in [-0.05, 0) is 31.4 Å². The number of rotatable bonds is 4. The molecule has 4 heteroatoms. The Morgan fingerprint density at radius 1 is 1.59 bits per heavy atom. The highest BCUT2D eigenvalue weighted by molar-refractivity contribution is 7.99. The first-order valence-corrected chi connectivity index (χ1v) is 6.89. The molecule has 0 spiro atoms. The van der Waals surface area contributed by atoms with Crippen LogP contribution >= 0.6 is 11.8 Å². The van der Waals surface area contributed by atoms with Crippen LogP contribution in [0.25, 0.3) is 0 Å². The molecule has 1 heterocycles. The highest BCUT2D eigenvalue weighted by atomic mass is 32.2. The molecule has 0 amide bonds. The number of thioether (sulfide) groups is 1. The van der Waals surface area contributed by atoms with Gasteiger partial charge in [0.05, 0.1) is 6.54 Å². The van der Waals surface area contributed by atoms with Crippen molar-refractivity contribution in [3.8, 4) is 0 Å². The third-order valence-corrected chi connectivity index (χ3v) is 4.21. The van der Waals surface area contributed by atoms with Crippen LogP contribution in [0.4, 0.5) is 4.39 Å². The van der Waals surface area contributed by atoms with Crippen molar-refractivity contribution in [1.29, 1.82) is 0 Å². The van der Waals surface area contributed by atoms with Crippen LogP contribution in [0.2, 0.25) is 0 Å². The van der Waals surface area contributed by atoms with E-state index in [4.69, 9.17) is 0 Å². The van der Waals surface area contributed by atoms with Crippen molar-refractivity contribution in [1.82, 2.24) is 4.90 Å². The van der Waals surface area contributed by atoms with Crippen LogP contribution < -0.4 is 0 Å². The van der Waals surface area contributed by atoms with Gasteiger partial charge in [0.25, 0.3) is 0 Å². The summed E-state index contributed by atoms with van der Waals surface area (Å²) < 4.78 is 13.0. The third kappa shape index (κ3) is 3.30. The fourth-order valence-corrected chi connectivity index (χ4v) is 3.28. The molecule has 1 aliphatic rings. The van der Waals surface area contributed by atoms with E-state index in [2.05, 4.69) is 4.90 Å². The summed E-state index contributed by atoms with van der Waals surface area (Å²) in [6.45, 7) is 0.370. The van der Waals surface area contributed by atoms with E-state index >= 15 is 0 Å². The third-order valence-electron chi connectivity index (χ3n) is 3.07. The van der Waals surface area contributed by atoms with Gasteiger partial charge in [-0.1, -0.05) is 12.1 Å². The maximum atomic E-state index is 13.0. The Hall–Kier alpha value is -0.870. The summed E-state index contributed by atoms with van der Waals surface area (Å²) in [6, 6.07) is 6.39. The Balaban J connectivity index is 1.96. The molecular weight excluding hydrogens is 237 g/mol. The fourth-order valence-electron chi connectivity index (χ4n) is 1.98. The summed E-state index contributed by atoms with van der Waals surface area (Å²) in [5.74, 6) is 1.90. The second kappa shape index (κ2) is 5.65. The number of benzene rings is 1. The number of carbonyl (C=O) groups excluding carboxylic acids is 1. The summed E-state index contributed by atoms with van der Waals surface area (Å²) in [5.41, 5.74) is 0.461. The molecule has 2 rings (SSSR count). The lowest BCUT2D eigenvalue weighted by molar-refractivity contribution is 0.0926. The van der Waals surface area contributed by atoms with Crippen LogP contribution in [0, 0.1) is 5.82 Å². The molecule has 1 aromatic carbocycles. The van der Waals surface area contributed by atoms with Crippen molar-refractivity contribution >= 4 is 17.5 Å². The van der Waals surface area contributed by atoms with Crippen LogP contribution in [0.5, 0.6) is 0 Å². The molecule has 0 aromatic heterocycles. The molecule has 1 aromatic rings. The molecule has 1 fully saturated rings. The van der Waals surface area contributed by atoms with Crippen LogP contribution in [-0.2, 0) is 0 Å². The van der Waals surface area contributed by atoms with Crippen LogP contribution in [-0.4, -0.2) is 41.8 Å². The number of halogens is 1. The van der Waals surface area contributed by atoms with Gasteiger partial charge in [-0.2, -0.15) is 11.8 Å². The topological polar surface area (TPSA) is 20.3 Å². The molecule has 1 saturated heterocycles. The van der Waals surface area contributed by atoms with Crippen molar-refractivity contribution in [2.45, 2.75) is 12.5 Å². The number of ketones is 1. The van der Waals surface area contributed by atoms with Gasteiger partial charge >= 0.3 is 0 Å². The number of likely N-dealkylation sites (N-methyl/N-ethyl adjacent to an activating group) is 1. The first kappa shape index (κ1) is 12.6. The molecule has 0 aliphatic carbocycles. The van der Waals surface area contributed by atoms with Gasteiger partial charge in [-0.3, -0.25) is 9.69 Å². The number of hydrogen-bond donors (Lipinski definition) is 0. The Bertz CT molecular complexity index is 404. The van der Waals surface area contributed by atoms with Crippen molar-refractivity contribution < 1.29 is 9.18 Å². The largest absolute Gasteiger partial charge is 0.295 e. The predicted molar refractivity (Wildman–Crippen MR) is 69.1 cm³/mol. The van der Waals surface area contributed by atoms with E-state index in [0.717, 1.165) is 12.2 Å². The number of carbonyl (C=O) groups is 1. The standard InChI is InChI=1S/C13H16FNOS/c1-15(12-5-6-17-9-12)8-13(16)10-3-2-4-11(14)7-10/h2-4,7,12H,5-6,8-9H2,1H3. The number of hydrogen-bond acceptors (Lipinski definition) is 3. The maximum Gasteiger partial charge on any atom is 0.176 e. The zero-order chi connectivity index (χ0) is 12.3. The minimum Gasteiger partial charge on any atom is -0.295 e. The average molecular weight is 253 g/mol. The minimum absolute atomic E-state index is 0.0103. The molecule has 0 saturated carbocycles. The number of nitrogens with zero attached hydrogens (tertiary/aromatic N) is 1. The lowest BCUT2D eigenvalue weighted by Gasteiger charge is -2.22.